The molecule has 0 fully saturated rings. The number of hydrogen-bond donors (Lipinski definition) is 2. The van der Waals surface area contributed by atoms with Gasteiger partial charge in [-0.15, -0.1) is 0 Å². The van der Waals surface area contributed by atoms with E-state index in [4.69, 9.17) is 4.74 Å². The van der Waals surface area contributed by atoms with Gasteiger partial charge in [-0.05, 0) is 55.8 Å². The quantitative estimate of drug-likeness (QED) is 0.633. The number of carbonyl (C=O) groups excluding carboxylic acids is 2. The fourth-order valence-electron chi connectivity index (χ4n) is 2.92. The van der Waals surface area contributed by atoms with E-state index in [1.807, 2.05) is 56.3 Å². The van der Waals surface area contributed by atoms with E-state index < -0.39 is 5.41 Å². The van der Waals surface area contributed by atoms with Crippen molar-refractivity contribution in [2.45, 2.75) is 19.3 Å². The molecule has 0 aliphatic carbocycles. The molecular formula is C24H24N2O3. The fraction of sp³-hybridized carbons (Fsp3) is 0.167. The molecule has 3 aromatic rings. The Labute approximate surface area is 170 Å². The summed E-state index contributed by atoms with van der Waals surface area (Å²) in [7, 11) is 1.55. The largest absolute Gasteiger partial charge is 0.495 e. The number of para-hydroxylation sites is 2. The maximum atomic E-state index is 12.8. The first-order valence-electron chi connectivity index (χ1n) is 9.33. The lowest BCUT2D eigenvalue weighted by Crippen LogP contribution is -2.34. The van der Waals surface area contributed by atoms with Crippen LogP contribution in [0.5, 0.6) is 5.75 Å². The first kappa shape index (κ1) is 20.1. The predicted molar refractivity (Wildman–Crippen MR) is 115 cm³/mol. The minimum atomic E-state index is -0.679. The lowest BCUT2D eigenvalue weighted by Gasteiger charge is -2.24. The molecule has 148 valence electrons. The van der Waals surface area contributed by atoms with Gasteiger partial charge in [0.2, 0.25) is 5.91 Å². The van der Waals surface area contributed by atoms with Gasteiger partial charge in [-0.25, -0.2) is 0 Å². The summed E-state index contributed by atoms with van der Waals surface area (Å²) in [6, 6.07) is 23.6. The van der Waals surface area contributed by atoms with Crippen molar-refractivity contribution in [1.29, 1.82) is 0 Å². The number of nitrogens with one attached hydrogen (secondary N) is 2. The fourth-order valence-corrected chi connectivity index (χ4v) is 2.92. The molecule has 0 bridgehead atoms. The van der Waals surface area contributed by atoms with Gasteiger partial charge in [-0.1, -0.05) is 42.5 Å². The molecule has 5 heteroatoms. The van der Waals surface area contributed by atoms with Crippen LogP contribution in [-0.4, -0.2) is 18.9 Å². The van der Waals surface area contributed by atoms with Crippen LogP contribution in [0.3, 0.4) is 0 Å². The molecule has 0 saturated carbocycles. The molecule has 5 nitrogen and oxygen atoms in total. The van der Waals surface area contributed by atoms with Crippen LogP contribution < -0.4 is 15.4 Å². The highest BCUT2D eigenvalue weighted by Crippen LogP contribution is 2.26. The molecule has 0 aliphatic heterocycles. The van der Waals surface area contributed by atoms with Gasteiger partial charge >= 0.3 is 0 Å². The number of benzene rings is 3. The molecule has 3 aromatic carbocycles. The Hall–Kier alpha value is -3.60. The lowest BCUT2D eigenvalue weighted by atomic mass is 9.83. The van der Waals surface area contributed by atoms with Crippen molar-refractivity contribution in [3.8, 4) is 5.75 Å². The molecule has 0 radical (unpaired) electrons. The van der Waals surface area contributed by atoms with Crippen molar-refractivity contribution < 1.29 is 14.3 Å². The second-order valence-electron chi connectivity index (χ2n) is 7.18. The van der Waals surface area contributed by atoms with Crippen molar-refractivity contribution >= 4 is 23.2 Å². The Balaban J connectivity index is 1.68. The van der Waals surface area contributed by atoms with Crippen molar-refractivity contribution in [1.82, 2.24) is 0 Å². The van der Waals surface area contributed by atoms with Crippen LogP contribution in [-0.2, 0) is 10.2 Å². The maximum absolute atomic E-state index is 12.8. The van der Waals surface area contributed by atoms with E-state index in [1.165, 1.54) is 0 Å². The smallest absolute Gasteiger partial charge is 0.255 e. The summed E-state index contributed by atoms with van der Waals surface area (Å²) in [6.07, 6.45) is 0. The van der Waals surface area contributed by atoms with Gasteiger partial charge < -0.3 is 15.4 Å². The molecule has 0 aliphatic rings. The third kappa shape index (κ3) is 4.63. The minimum Gasteiger partial charge on any atom is -0.495 e. The standard InChI is InChI=1S/C24H24N2O3/c1-24(2,18-9-5-4-6-10-18)23(28)25-19-15-13-17(14-16-19)22(27)26-20-11-7-8-12-21(20)29-3/h4-16H,1-3H3,(H,25,28)(H,26,27). The summed E-state index contributed by atoms with van der Waals surface area (Å²) in [5.74, 6) is 0.222. The van der Waals surface area contributed by atoms with Crippen molar-refractivity contribution in [2.24, 2.45) is 0 Å². The van der Waals surface area contributed by atoms with Gasteiger partial charge in [0.25, 0.3) is 5.91 Å². The first-order valence-corrected chi connectivity index (χ1v) is 9.33. The summed E-state index contributed by atoms with van der Waals surface area (Å²) >= 11 is 0. The highest BCUT2D eigenvalue weighted by atomic mass is 16.5. The molecule has 2 N–H and O–H groups in total. The second-order valence-corrected chi connectivity index (χ2v) is 7.18. The van der Waals surface area contributed by atoms with Gasteiger partial charge in [0.05, 0.1) is 18.2 Å². The molecule has 29 heavy (non-hydrogen) atoms. The zero-order valence-electron chi connectivity index (χ0n) is 16.7. The van der Waals surface area contributed by atoms with Gasteiger partial charge in [0, 0.05) is 11.3 Å². The average Bonchev–Trinajstić information content (AvgIpc) is 2.75. The third-order valence-electron chi connectivity index (χ3n) is 4.82. The van der Waals surface area contributed by atoms with Crippen LogP contribution in [0.2, 0.25) is 0 Å². The number of anilines is 2. The van der Waals surface area contributed by atoms with Crippen LogP contribution in [0.4, 0.5) is 11.4 Å². The topological polar surface area (TPSA) is 67.4 Å². The molecule has 3 rings (SSSR count). The molecular weight excluding hydrogens is 364 g/mol. The Morgan fingerprint density at radius 3 is 2.07 bits per heavy atom. The van der Waals surface area contributed by atoms with Crippen LogP contribution in [0.15, 0.2) is 78.9 Å². The minimum absolute atomic E-state index is 0.116. The summed E-state index contributed by atoms with van der Waals surface area (Å²) in [5, 5.41) is 5.76. The van der Waals surface area contributed by atoms with E-state index in [9.17, 15) is 9.59 Å². The normalized spacial score (nSPS) is 10.9. The summed E-state index contributed by atoms with van der Waals surface area (Å²) in [4.78, 5) is 25.3. The average molecular weight is 388 g/mol. The number of hydrogen-bond acceptors (Lipinski definition) is 3. The predicted octanol–water partition coefficient (Wildman–Crippen LogP) is 4.86. The number of carbonyl (C=O) groups is 2. The van der Waals surface area contributed by atoms with Crippen LogP contribution in [0.1, 0.15) is 29.8 Å². The number of ether oxygens (including phenoxy) is 1. The van der Waals surface area contributed by atoms with Gasteiger partial charge in [-0.2, -0.15) is 0 Å². The van der Waals surface area contributed by atoms with Gasteiger partial charge in [0.1, 0.15) is 5.75 Å². The molecule has 0 spiro atoms. The Kier molecular flexibility index (Phi) is 5.98. The monoisotopic (exact) mass is 388 g/mol. The number of methoxy groups -OCH3 is 1. The Morgan fingerprint density at radius 1 is 0.793 bits per heavy atom. The SMILES string of the molecule is COc1ccccc1NC(=O)c1ccc(NC(=O)C(C)(C)c2ccccc2)cc1. The van der Waals surface area contributed by atoms with E-state index in [0.29, 0.717) is 22.7 Å². The van der Waals surface area contributed by atoms with E-state index in [1.54, 1.807) is 43.5 Å². The molecule has 0 heterocycles. The molecule has 2 amide bonds. The molecule has 0 atom stereocenters. The van der Waals surface area contributed by atoms with Crippen LogP contribution in [0.25, 0.3) is 0 Å². The van der Waals surface area contributed by atoms with Crippen molar-refractivity contribution in [2.75, 3.05) is 17.7 Å². The summed E-state index contributed by atoms with van der Waals surface area (Å²) < 4.78 is 5.25. The van der Waals surface area contributed by atoms with Crippen molar-refractivity contribution in [3.63, 3.8) is 0 Å². The van der Waals surface area contributed by atoms with E-state index in [2.05, 4.69) is 10.6 Å². The molecule has 0 aromatic heterocycles. The maximum Gasteiger partial charge on any atom is 0.255 e. The van der Waals surface area contributed by atoms with Crippen molar-refractivity contribution in [3.05, 3.63) is 90.0 Å². The van der Waals surface area contributed by atoms with Gasteiger partial charge in [0.15, 0.2) is 0 Å². The number of rotatable bonds is 6. The first-order chi connectivity index (χ1) is 13.9. The van der Waals surface area contributed by atoms with E-state index >= 15 is 0 Å². The third-order valence-corrected chi connectivity index (χ3v) is 4.82. The summed E-state index contributed by atoms with van der Waals surface area (Å²) in [6.45, 7) is 3.76. The molecule has 0 saturated heterocycles. The van der Waals surface area contributed by atoms with Crippen LogP contribution >= 0.6 is 0 Å². The highest BCUT2D eigenvalue weighted by Gasteiger charge is 2.29. The van der Waals surface area contributed by atoms with Crippen LogP contribution in [0, 0.1) is 0 Å². The highest BCUT2D eigenvalue weighted by molar-refractivity contribution is 6.05. The Morgan fingerprint density at radius 2 is 1.41 bits per heavy atom. The molecule has 0 unspecified atom stereocenters. The number of amides is 2. The Bertz CT molecular complexity index is 996. The second kappa shape index (κ2) is 8.61. The zero-order valence-corrected chi connectivity index (χ0v) is 16.7. The lowest BCUT2D eigenvalue weighted by molar-refractivity contribution is -0.120. The van der Waals surface area contributed by atoms with E-state index in [-0.39, 0.29) is 11.8 Å². The zero-order chi connectivity index (χ0) is 20.9. The van der Waals surface area contributed by atoms with Gasteiger partial charge in [-0.3, -0.25) is 9.59 Å². The van der Waals surface area contributed by atoms with E-state index in [0.717, 1.165) is 5.56 Å². The summed E-state index contributed by atoms with van der Waals surface area (Å²) in [5.41, 5.74) is 1.97.